The van der Waals surface area contributed by atoms with E-state index in [1.54, 1.807) is 6.20 Å². The molecule has 2 heterocycles. The Morgan fingerprint density at radius 1 is 1.52 bits per heavy atom. The highest BCUT2D eigenvalue weighted by Gasteiger charge is 2.18. The van der Waals surface area contributed by atoms with Gasteiger partial charge >= 0.3 is 0 Å². The summed E-state index contributed by atoms with van der Waals surface area (Å²) < 4.78 is 1.90. The minimum Gasteiger partial charge on any atom is -0.369 e. The number of hydrogen-bond acceptors (Lipinski definition) is 5. The van der Waals surface area contributed by atoms with E-state index < -0.39 is 0 Å². The van der Waals surface area contributed by atoms with Crippen LogP contribution in [0.4, 0.5) is 11.6 Å². The van der Waals surface area contributed by atoms with E-state index >= 15 is 0 Å². The fourth-order valence-electron chi connectivity index (χ4n) is 2.25. The second-order valence-electron chi connectivity index (χ2n) is 5.38. The molecule has 0 aliphatic carbocycles. The molecule has 7 heteroatoms. The molecule has 0 atom stereocenters. The van der Waals surface area contributed by atoms with E-state index in [0.29, 0.717) is 18.3 Å². The van der Waals surface area contributed by atoms with Crippen molar-refractivity contribution in [1.82, 2.24) is 14.4 Å². The third-order valence-corrected chi connectivity index (χ3v) is 2.95. The summed E-state index contributed by atoms with van der Waals surface area (Å²) in [6.45, 7) is 7.77. The smallest absolute Gasteiger partial charge is 0.237 e. The van der Waals surface area contributed by atoms with Gasteiger partial charge in [0.15, 0.2) is 11.5 Å². The Kier molecular flexibility index (Phi) is 4.62. The van der Waals surface area contributed by atoms with Crippen LogP contribution in [0.2, 0.25) is 0 Å². The van der Waals surface area contributed by atoms with E-state index in [1.165, 1.54) is 0 Å². The average Bonchev–Trinajstić information content (AvgIpc) is 2.84. The fourth-order valence-corrected chi connectivity index (χ4v) is 2.25. The molecule has 0 unspecified atom stereocenters. The maximum absolute atomic E-state index is 11.4. The number of carbonyl (C=O) groups is 1. The van der Waals surface area contributed by atoms with Gasteiger partial charge in [-0.05, 0) is 12.8 Å². The lowest BCUT2D eigenvalue weighted by atomic mass is 10.2. The first-order valence-corrected chi connectivity index (χ1v) is 7.12. The number of imidazole rings is 1. The first-order chi connectivity index (χ1) is 10.0. The van der Waals surface area contributed by atoms with Crippen molar-refractivity contribution < 1.29 is 4.79 Å². The van der Waals surface area contributed by atoms with Gasteiger partial charge in [-0.15, -0.1) is 0 Å². The highest BCUT2D eigenvalue weighted by molar-refractivity contribution is 5.81. The summed E-state index contributed by atoms with van der Waals surface area (Å²) in [7, 11) is 0. The number of nitrogens with zero attached hydrogens (tertiary/aromatic N) is 4. The Bertz CT molecular complexity index is 621. The molecule has 2 aromatic heterocycles. The van der Waals surface area contributed by atoms with Crippen LogP contribution in [0.5, 0.6) is 0 Å². The van der Waals surface area contributed by atoms with Gasteiger partial charge < -0.3 is 20.4 Å². The largest absolute Gasteiger partial charge is 0.369 e. The lowest BCUT2D eigenvalue weighted by Gasteiger charge is -2.25. The number of rotatable bonds is 7. The van der Waals surface area contributed by atoms with E-state index in [4.69, 9.17) is 5.73 Å². The molecule has 0 bridgehead atoms. The van der Waals surface area contributed by atoms with Gasteiger partial charge in [-0.2, -0.15) is 0 Å². The number of nitrogens with one attached hydrogen (secondary N) is 1. The number of aromatic nitrogens is 3. The highest BCUT2D eigenvalue weighted by Crippen LogP contribution is 2.21. The average molecular weight is 290 g/mol. The lowest BCUT2D eigenvalue weighted by Crippen LogP contribution is -2.37. The summed E-state index contributed by atoms with van der Waals surface area (Å²) in [4.78, 5) is 22.2. The van der Waals surface area contributed by atoms with Crippen LogP contribution in [0.15, 0.2) is 18.6 Å². The lowest BCUT2D eigenvalue weighted by molar-refractivity contribution is -0.116. The predicted octanol–water partition coefficient (Wildman–Crippen LogP) is 1.11. The molecule has 3 N–H and O–H groups in total. The van der Waals surface area contributed by atoms with Gasteiger partial charge in [-0.1, -0.05) is 13.8 Å². The highest BCUT2D eigenvalue weighted by atomic mass is 16.1. The van der Waals surface area contributed by atoms with Crippen LogP contribution in [0.1, 0.15) is 20.8 Å². The summed E-state index contributed by atoms with van der Waals surface area (Å²) in [5.74, 6) is 1.42. The normalized spacial score (nSPS) is 11.0. The zero-order valence-electron chi connectivity index (χ0n) is 12.7. The van der Waals surface area contributed by atoms with E-state index in [9.17, 15) is 4.79 Å². The number of amides is 1. The molecular formula is C14H22N6O. The monoisotopic (exact) mass is 290 g/mol. The van der Waals surface area contributed by atoms with Gasteiger partial charge in [0.25, 0.3) is 0 Å². The predicted molar refractivity (Wildman–Crippen MR) is 83.4 cm³/mol. The Labute approximate surface area is 124 Å². The van der Waals surface area contributed by atoms with Gasteiger partial charge in [-0.25, -0.2) is 9.97 Å². The zero-order chi connectivity index (χ0) is 15.4. The van der Waals surface area contributed by atoms with Crippen molar-refractivity contribution in [1.29, 1.82) is 0 Å². The third kappa shape index (κ3) is 3.62. The van der Waals surface area contributed by atoms with Gasteiger partial charge in [0.1, 0.15) is 5.82 Å². The summed E-state index contributed by atoms with van der Waals surface area (Å²) in [6, 6.07) is 0. The first-order valence-electron chi connectivity index (χ1n) is 7.12. The SMILES string of the molecule is CCNc1cn2ccnc2c(N(CC(N)=O)CC(C)C)n1. The van der Waals surface area contributed by atoms with Crippen LogP contribution in [0.25, 0.3) is 5.65 Å². The molecule has 0 spiro atoms. The molecule has 1 amide bonds. The molecule has 21 heavy (non-hydrogen) atoms. The molecule has 0 saturated carbocycles. The maximum atomic E-state index is 11.4. The maximum Gasteiger partial charge on any atom is 0.237 e. The Hall–Kier alpha value is -2.31. The van der Waals surface area contributed by atoms with Crippen LogP contribution >= 0.6 is 0 Å². The van der Waals surface area contributed by atoms with Crippen molar-refractivity contribution in [2.45, 2.75) is 20.8 Å². The number of fused-ring (bicyclic) bond motifs is 1. The molecule has 0 aromatic carbocycles. The molecule has 2 rings (SSSR count). The van der Waals surface area contributed by atoms with Crippen molar-refractivity contribution in [2.24, 2.45) is 11.7 Å². The van der Waals surface area contributed by atoms with E-state index in [1.807, 2.05) is 28.6 Å². The Morgan fingerprint density at radius 3 is 2.90 bits per heavy atom. The molecule has 2 aromatic rings. The first kappa shape index (κ1) is 15.1. The van der Waals surface area contributed by atoms with E-state index in [-0.39, 0.29) is 12.5 Å². The number of carbonyl (C=O) groups excluding carboxylic acids is 1. The summed E-state index contributed by atoms with van der Waals surface area (Å²) in [6.07, 6.45) is 5.46. The van der Waals surface area contributed by atoms with Crippen LogP contribution in [-0.4, -0.2) is 39.9 Å². The summed E-state index contributed by atoms with van der Waals surface area (Å²) in [5, 5.41) is 3.19. The quantitative estimate of drug-likeness (QED) is 0.797. The van der Waals surface area contributed by atoms with Gasteiger partial charge in [0.2, 0.25) is 5.91 Å². The number of primary amides is 1. The Balaban J connectivity index is 2.48. The molecule has 7 nitrogen and oxygen atoms in total. The summed E-state index contributed by atoms with van der Waals surface area (Å²) >= 11 is 0. The second kappa shape index (κ2) is 6.43. The standard InChI is InChI=1S/C14H22N6O/c1-4-16-12-9-19-6-5-17-13(19)14(18-12)20(7-10(2)3)8-11(15)21/h5-6,9-10,16H,4,7-8H2,1-3H3,(H2,15,21). The van der Waals surface area contributed by atoms with Crippen molar-refractivity contribution in [3.8, 4) is 0 Å². The second-order valence-corrected chi connectivity index (χ2v) is 5.38. The molecule has 0 radical (unpaired) electrons. The number of hydrogen-bond donors (Lipinski definition) is 2. The number of anilines is 2. The van der Waals surface area contributed by atoms with Crippen LogP contribution in [0, 0.1) is 5.92 Å². The molecule has 0 aliphatic heterocycles. The van der Waals surface area contributed by atoms with Crippen LogP contribution < -0.4 is 16.0 Å². The van der Waals surface area contributed by atoms with Crippen LogP contribution in [0.3, 0.4) is 0 Å². The number of nitrogens with two attached hydrogens (primary N) is 1. The Morgan fingerprint density at radius 2 is 2.29 bits per heavy atom. The molecule has 0 fully saturated rings. The fraction of sp³-hybridized carbons (Fsp3) is 0.500. The van der Waals surface area contributed by atoms with E-state index in [2.05, 4.69) is 29.1 Å². The van der Waals surface area contributed by atoms with Gasteiger partial charge in [-0.3, -0.25) is 4.79 Å². The minimum absolute atomic E-state index is 0.128. The third-order valence-electron chi connectivity index (χ3n) is 2.95. The molecule has 114 valence electrons. The van der Waals surface area contributed by atoms with Crippen molar-refractivity contribution >= 4 is 23.2 Å². The van der Waals surface area contributed by atoms with E-state index in [0.717, 1.165) is 18.0 Å². The molecular weight excluding hydrogens is 268 g/mol. The van der Waals surface area contributed by atoms with Crippen molar-refractivity contribution in [3.05, 3.63) is 18.6 Å². The van der Waals surface area contributed by atoms with Gasteiger partial charge in [0, 0.05) is 25.5 Å². The molecule has 0 saturated heterocycles. The topological polar surface area (TPSA) is 88.5 Å². The molecule has 0 aliphatic rings. The zero-order valence-corrected chi connectivity index (χ0v) is 12.7. The van der Waals surface area contributed by atoms with Crippen LogP contribution in [-0.2, 0) is 4.79 Å². The van der Waals surface area contributed by atoms with Crippen molar-refractivity contribution in [3.63, 3.8) is 0 Å². The van der Waals surface area contributed by atoms with Crippen molar-refractivity contribution in [2.75, 3.05) is 29.9 Å². The summed E-state index contributed by atoms with van der Waals surface area (Å²) in [5.41, 5.74) is 6.09. The van der Waals surface area contributed by atoms with Gasteiger partial charge in [0.05, 0.1) is 12.7 Å². The minimum atomic E-state index is -0.379.